The van der Waals surface area contributed by atoms with Crippen molar-refractivity contribution in [1.82, 2.24) is 20.0 Å². The molecule has 2 heterocycles. The predicted molar refractivity (Wildman–Crippen MR) is 141 cm³/mol. The van der Waals surface area contributed by atoms with E-state index in [4.69, 9.17) is 0 Å². The third kappa shape index (κ3) is 5.60. The molecule has 2 amide bonds. The van der Waals surface area contributed by atoms with E-state index in [1.54, 1.807) is 23.5 Å². The number of carbonyl (C=O) groups excluding carboxylic acids is 1. The van der Waals surface area contributed by atoms with Gasteiger partial charge in [-0.05, 0) is 50.1 Å². The highest BCUT2D eigenvalue weighted by molar-refractivity contribution is 7.90. The minimum Gasteiger partial charge on any atom is -0.340 e. The summed E-state index contributed by atoms with van der Waals surface area (Å²) in [6.07, 6.45) is 3.19. The number of fused-ring (bicyclic) bond motifs is 1. The van der Waals surface area contributed by atoms with Gasteiger partial charge in [0.15, 0.2) is 0 Å². The molecule has 0 radical (unpaired) electrons. The summed E-state index contributed by atoms with van der Waals surface area (Å²) in [5, 5.41) is 6.75. The van der Waals surface area contributed by atoms with Gasteiger partial charge in [-0.25, -0.2) is 27.9 Å². The standard InChI is InChI=1S/C25H27N5O3S2/c1-4-5-14-26-25(31)30-35(32,33)20-12-10-19(11-13-20)29-23-22-21(18-8-6-16(2)7-9-18)17(3)34-24(22)28-15-27-23/h6-13,15H,4-5,14H2,1-3H3,(H2,26,30,31)(H,27,28,29). The molecule has 0 spiro atoms. The van der Waals surface area contributed by atoms with Gasteiger partial charge in [0.2, 0.25) is 0 Å². The van der Waals surface area contributed by atoms with Crippen LogP contribution in [-0.4, -0.2) is 31.0 Å². The fourth-order valence-corrected chi connectivity index (χ4v) is 5.60. The van der Waals surface area contributed by atoms with E-state index in [9.17, 15) is 13.2 Å². The molecule has 4 rings (SSSR count). The lowest BCUT2D eigenvalue weighted by atomic mass is 10.0. The SMILES string of the molecule is CCCCNC(=O)NS(=O)(=O)c1ccc(Nc2ncnc3sc(C)c(-c4ccc(C)cc4)c23)cc1. The van der Waals surface area contributed by atoms with Crippen molar-refractivity contribution in [2.24, 2.45) is 0 Å². The first-order chi connectivity index (χ1) is 16.8. The zero-order valence-corrected chi connectivity index (χ0v) is 21.4. The van der Waals surface area contributed by atoms with Crippen molar-refractivity contribution in [2.45, 2.75) is 38.5 Å². The fraction of sp³-hybridized carbons (Fsp3) is 0.240. The summed E-state index contributed by atoms with van der Waals surface area (Å²) < 4.78 is 27.1. The van der Waals surface area contributed by atoms with Crippen molar-refractivity contribution in [1.29, 1.82) is 0 Å². The average molecular weight is 510 g/mol. The summed E-state index contributed by atoms with van der Waals surface area (Å²) in [7, 11) is -3.98. The summed E-state index contributed by atoms with van der Waals surface area (Å²) in [4.78, 5) is 22.8. The van der Waals surface area contributed by atoms with Gasteiger partial charge in [0.25, 0.3) is 10.0 Å². The summed E-state index contributed by atoms with van der Waals surface area (Å²) >= 11 is 1.60. The Morgan fingerprint density at radius 2 is 1.71 bits per heavy atom. The number of anilines is 2. The Morgan fingerprint density at radius 3 is 2.40 bits per heavy atom. The van der Waals surface area contributed by atoms with Crippen LogP contribution in [0.4, 0.5) is 16.3 Å². The number of sulfonamides is 1. The molecule has 0 aliphatic rings. The van der Waals surface area contributed by atoms with Crippen LogP contribution in [-0.2, 0) is 10.0 Å². The molecule has 0 saturated carbocycles. The molecule has 3 N–H and O–H groups in total. The predicted octanol–water partition coefficient (Wildman–Crippen LogP) is 5.51. The number of unbranched alkanes of at least 4 members (excludes halogenated alkanes) is 1. The van der Waals surface area contributed by atoms with Crippen LogP contribution in [0.5, 0.6) is 0 Å². The number of rotatable bonds is 8. The summed E-state index contributed by atoms with van der Waals surface area (Å²) in [6.45, 7) is 6.52. The van der Waals surface area contributed by atoms with Crippen LogP contribution in [0.3, 0.4) is 0 Å². The maximum Gasteiger partial charge on any atom is 0.328 e. The molecule has 2 aromatic heterocycles. The van der Waals surface area contributed by atoms with E-state index in [0.29, 0.717) is 18.1 Å². The maximum atomic E-state index is 12.5. The van der Waals surface area contributed by atoms with Crippen LogP contribution in [0.1, 0.15) is 30.2 Å². The van der Waals surface area contributed by atoms with Crippen LogP contribution in [0.25, 0.3) is 21.3 Å². The van der Waals surface area contributed by atoms with Crippen molar-refractivity contribution >= 4 is 49.1 Å². The van der Waals surface area contributed by atoms with Gasteiger partial charge in [0, 0.05) is 22.7 Å². The topological polar surface area (TPSA) is 113 Å². The number of thiophene rings is 1. The molecule has 0 bridgehead atoms. The molecule has 182 valence electrons. The first-order valence-electron chi connectivity index (χ1n) is 11.3. The van der Waals surface area contributed by atoms with Gasteiger partial charge in [-0.15, -0.1) is 11.3 Å². The Morgan fingerprint density at radius 1 is 1.00 bits per heavy atom. The molecule has 4 aromatic rings. The van der Waals surface area contributed by atoms with Gasteiger partial charge in [0.05, 0.1) is 10.3 Å². The van der Waals surface area contributed by atoms with Gasteiger partial charge < -0.3 is 10.6 Å². The average Bonchev–Trinajstić information content (AvgIpc) is 3.16. The molecular formula is C25H27N5O3S2. The van der Waals surface area contributed by atoms with Crippen molar-refractivity contribution in [3.8, 4) is 11.1 Å². The van der Waals surface area contributed by atoms with Crippen LogP contribution < -0.4 is 15.4 Å². The minimum atomic E-state index is -3.98. The van der Waals surface area contributed by atoms with E-state index in [2.05, 4.69) is 58.7 Å². The zero-order valence-electron chi connectivity index (χ0n) is 19.8. The van der Waals surface area contributed by atoms with Crippen molar-refractivity contribution in [2.75, 3.05) is 11.9 Å². The van der Waals surface area contributed by atoms with E-state index in [0.717, 1.165) is 39.1 Å². The van der Waals surface area contributed by atoms with Crippen LogP contribution in [0, 0.1) is 13.8 Å². The highest BCUT2D eigenvalue weighted by atomic mass is 32.2. The van der Waals surface area contributed by atoms with Crippen molar-refractivity contribution in [3.05, 3.63) is 65.3 Å². The number of benzene rings is 2. The molecule has 8 nitrogen and oxygen atoms in total. The lowest BCUT2D eigenvalue weighted by Crippen LogP contribution is -2.39. The maximum absolute atomic E-state index is 12.5. The fourth-order valence-electron chi connectivity index (χ4n) is 3.66. The lowest BCUT2D eigenvalue weighted by Gasteiger charge is -2.11. The first-order valence-corrected chi connectivity index (χ1v) is 13.6. The van der Waals surface area contributed by atoms with E-state index in [-0.39, 0.29) is 4.90 Å². The molecule has 0 aliphatic carbocycles. The normalized spacial score (nSPS) is 11.4. The summed E-state index contributed by atoms with van der Waals surface area (Å²) in [5.74, 6) is 0.638. The molecule has 0 atom stereocenters. The molecule has 10 heteroatoms. The number of nitrogens with zero attached hydrogens (tertiary/aromatic N) is 2. The smallest absolute Gasteiger partial charge is 0.328 e. The van der Waals surface area contributed by atoms with Gasteiger partial charge in [-0.2, -0.15) is 0 Å². The Kier molecular flexibility index (Phi) is 7.32. The largest absolute Gasteiger partial charge is 0.340 e. The first kappa shape index (κ1) is 24.6. The third-order valence-electron chi connectivity index (χ3n) is 5.47. The van der Waals surface area contributed by atoms with Crippen molar-refractivity contribution < 1.29 is 13.2 Å². The molecule has 35 heavy (non-hydrogen) atoms. The second kappa shape index (κ2) is 10.4. The van der Waals surface area contributed by atoms with Gasteiger partial charge >= 0.3 is 6.03 Å². The second-order valence-corrected chi connectivity index (χ2v) is 11.1. The van der Waals surface area contributed by atoms with Crippen LogP contribution >= 0.6 is 11.3 Å². The molecule has 0 unspecified atom stereocenters. The Bertz CT molecular complexity index is 1450. The lowest BCUT2D eigenvalue weighted by molar-refractivity contribution is 0.245. The quantitative estimate of drug-likeness (QED) is 0.270. The van der Waals surface area contributed by atoms with Gasteiger partial charge in [-0.3, -0.25) is 0 Å². The molecule has 0 aliphatic heterocycles. The number of aromatic nitrogens is 2. The highest BCUT2D eigenvalue weighted by Gasteiger charge is 2.19. The Balaban J connectivity index is 1.58. The monoisotopic (exact) mass is 509 g/mol. The Labute approximate surface area is 208 Å². The third-order valence-corrected chi connectivity index (χ3v) is 7.83. The Hall–Kier alpha value is -3.50. The van der Waals surface area contributed by atoms with E-state index in [1.807, 2.05) is 11.6 Å². The minimum absolute atomic E-state index is 0.00625. The summed E-state index contributed by atoms with van der Waals surface area (Å²) in [5.41, 5.74) is 4.01. The van der Waals surface area contributed by atoms with Crippen LogP contribution in [0.15, 0.2) is 59.8 Å². The zero-order chi connectivity index (χ0) is 25.0. The van der Waals surface area contributed by atoms with Gasteiger partial charge in [0.1, 0.15) is 17.0 Å². The van der Waals surface area contributed by atoms with E-state index >= 15 is 0 Å². The number of urea groups is 1. The van der Waals surface area contributed by atoms with Gasteiger partial charge in [-0.1, -0.05) is 43.2 Å². The van der Waals surface area contributed by atoms with E-state index < -0.39 is 16.1 Å². The molecule has 0 fully saturated rings. The highest BCUT2D eigenvalue weighted by Crippen LogP contribution is 2.41. The number of aryl methyl sites for hydroxylation is 2. The number of hydrogen-bond donors (Lipinski definition) is 3. The number of carbonyl (C=O) groups is 1. The van der Waals surface area contributed by atoms with Crippen molar-refractivity contribution in [3.63, 3.8) is 0 Å². The van der Waals surface area contributed by atoms with E-state index in [1.165, 1.54) is 24.0 Å². The molecular weight excluding hydrogens is 482 g/mol. The van der Waals surface area contributed by atoms with Crippen LogP contribution in [0.2, 0.25) is 0 Å². The molecule has 2 aromatic carbocycles. The number of amides is 2. The molecule has 0 saturated heterocycles. The number of hydrogen-bond acceptors (Lipinski definition) is 7. The number of nitrogens with one attached hydrogen (secondary N) is 3. The second-order valence-electron chi connectivity index (χ2n) is 8.17. The summed E-state index contributed by atoms with van der Waals surface area (Å²) in [6, 6.07) is 13.8.